The van der Waals surface area contributed by atoms with Gasteiger partial charge in [-0.15, -0.1) is 0 Å². The van der Waals surface area contributed by atoms with Crippen molar-refractivity contribution in [3.05, 3.63) is 60.2 Å². The Balaban J connectivity index is 1.39. The van der Waals surface area contributed by atoms with E-state index in [2.05, 4.69) is 19.8 Å². The lowest BCUT2D eigenvalue weighted by Gasteiger charge is -2.35. The van der Waals surface area contributed by atoms with Crippen LogP contribution in [-0.4, -0.2) is 47.8 Å². The topological polar surface area (TPSA) is 54.6 Å². The van der Waals surface area contributed by atoms with Crippen molar-refractivity contribution < 1.29 is 22.4 Å². The van der Waals surface area contributed by atoms with Crippen molar-refractivity contribution >= 4 is 5.69 Å². The average molecular weight is 404 g/mol. The lowest BCUT2D eigenvalue weighted by Crippen LogP contribution is -2.46. The summed E-state index contributed by atoms with van der Waals surface area (Å²) in [5, 5.41) is 3.90. The zero-order valence-corrected chi connectivity index (χ0v) is 15.5. The number of ether oxygens (including phenoxy) is 1. The molecule has 0 atom stereocenters. The van der Waals surface area contributed by atoms with Crippen molar-refractivity contribution in [2.45, 2.75) is 13.2 Å². The Labute approximate surface area is 165 Å². The van der Waals surface area contributed by atoms with E-state index in [0.717, 1.165) is 0 Å². The van der Waals surface area contributed by atoms with Gasteiger partial charge in [-0.2, -0.15) is 13.8 Å². The highest BCUT2D eigenvalue weighted by molar-refractivity contribution is 5.63. The van der Waals surface area contributed by atoms with Crippen LogP contribution in [0, 0.1) is 5.82 Å². The highest BCUT2D eigenvalue weighted by Gasteiger charge is 2.22. The molecule has 1 aromatic heterocycles. The molecular formula is C20H19F3N4O2. The maximum absolute atomic E-state index is 13.9. The third kappa shape index (κ3) is 4.51. The number of nitrogens with zero attached hydrogens (tertiary/aromatic N) is 4. The predicted octanol–water partition coefficient (Wildman–Crippen LogP) is 3.80. The Morgan fingerprint density at radius 2 is 1.72 bits per heavy atom. The minimum atomic E-state index is -2.94. The normalized spacial score (nSPS) is 15.1. The standard InChI is InChI=1S/C20H19F3N4O2/c21-15-6-2-3-7-16(15)27-11-9-26(10-12-27)13-18-24-19(25-29-18)14-5-1-4-8-17(14)28-20(22)23/h1-8,20H,9-13H2. The molecule has 0 unspecified atom stereocenters. The first-order valence-corrected chi connectivity index (χ1v) is 9.19. The van der Waals surface area contributed by atoms with Crippen LogP contribution in [0.15, 0.2) is 53.1 Å². The van der Waals surface area contributed by atoms with Crippen molar-refractivity contribution in [3.8, 4) is 17.1 Å². The van der Waals surface area contributed by atoms with E-state index in [1.54, 1.807) is 30.3 Å². The monoisotopic (exact) mass is 404 g/mol. The summed E-state index contributed by atoms with van der Waals surface area (Å²) in [5.41, 5.74) is 0.940. The van der Waals surface area contributed by atoms with Gasteiger partial charge in [0.05, 0.1) is 17.8 Å². The molecule has 0 bridgehead atoms. The van der Waals surface area contributed by atoms with Crippen LogP contribution in [0.1, 0.15) is 5.89 Å². The molecule has 6 nitrogen and oxygen atoms in total. The molecule has 1 aliphatic rings. The first-order valence-electron chi connectivity index (χ1n) is 9.19. The second kappa shape index (κ2) is 8.52. The molecule has 2 aromatic carbocycles. The molecule has 1 aliphatic heterocycles. The van der Waals surface area contributed by atoms with Gasteiger partial charge in [-0.25, -0.2) is 4.39 Å². The lowest BCUT2D eigenvalue weighted by molar-refractivity contribution is -0.0494. The van der Waals surface area contributed by atoms with Gasteiger partial charge in [-0.3, -0.25) is 4.90 Å². The fourth-order valence-corrected chi connectivity index (χ4v) is 3.32. The third-order valence-electron chi connectivity index (χ3n) is 4.74. The number of anilines is 1. The fourth-order valence-electron chi connectivity index (χ4n) is 3.32. The van der Waals surface area contributed by atoms with E-state index in [0.29, 0.717) is 49.9 Å². The predicted molar refractivity (Wildman–Crippen MR) is 100 cm³/mol. The van der Waals surface area contributed by atoms with Crippen LogP contribution < -0.4 is 9.64 Å². The Hall–Kier alpha value is -3.07. The van der Waals surface area contributed by atoms with Crippen LogP contribution in [0.3, 0.4) is 0 Å². The largest absolute Gasteiger partial charge is 0.434 e. The molecule has 1 fully saturated rings. The number of piperazine rings is 1. The first-order chi connectivity index (χ1) is 14.1. The van der Waals surface area contributed by atoms with Crippen LogP contribution >= 0.6 is 0 Å². The molecule has 1 saturated heterocycles. The average Bonchev–Trinajstić information content (AvgIpc) is 3.17. The Morgan fingerprint density at radius 1 is 1.00 bits per heavy atom. The van der Waals surface area contributed by atoms with Gasteiger partial charge in [-0.05, 0) is 24.3 Å². The van der Waals surface area contributed by atoms with Gasteiger partial charge in [0.1, 0.15) is 11.6 Å². The zero-order valence-electron chi connectivity index (χ0n) is 15.5. The van der Waals surface area contributed by atoms with E-state index in [9.17, 15) is 13.2 Å². The summed E-state index contributed by atoms with van der Waals surface area (Å²) >= 11 is 0. The summed E-state index contributed by atoms with van der Waals surface area (Å²) in [6.45, 7) is 0.248. The van der Waals surface area contributed by atoms with E-state index in [4.69, 9.17) is 4.52 Å². The number of halogens is 3. The molecule has 2 heterocycles. The molecule has 0 N–H and O–H groups in total. The van der Waals surface area contributed by atoms with Gasteiger partial charge in [0.25, 0.3) is 0 Å². The van der Waals surface area contributed by atoms with Crippen LogP contribution in [0.2, 0.25) is 0 Å². The van der Waals surface area contributed by atoms with Crippen molar-refractivity contribution in [3.63, 3.8) is 0 Å². The molecule has 0 spiro atoms. The molecule has 9 heteroatoms. The molecular weight excluding hydrogens is 385 g/mol. The fraction of sp³-hybridized carbons (Fsp3) is 0.300. The molecule has 0 amide bonds. The van der Waals surface area contributed by atoms with Crippen molar-refractivity contribution in [1.82, 2.24) is 15.0 Å². The van der Waals surface area contributed by atoms with Crippen LogP contribution in [-0.2, 0) is 6.54 Å². The summed E-state index contributed by atoms with van der Waals surface area (Å²) in [5.74, 6) is 0.341. The number of aromatic nitrogens is 2. The van der Waals surface area contributed by atoms with Gasteiger partial charge >= 0.3 is 6.61 Å². The summed E-state index contributed by atoms with van der Waals surface area (Å²) in [7, 11) is 0. The number of alkyl halides is 2. The number of hydrogen-bond acceptors (Lipinski definition) is 6. The Morgan fingerprint density at radius 3 is 2.48 bits per heavy atom. The number of hydrogen-bond donors (Lipinski definition) is 0. The van der Waals surface area contributed by atoms with Crippen LogP contribution in [0.25, 0.3) is 11.4 Å². The SMILES string of the molecule is Fc1ccccc1N1CCN(Cc2nc(-c3ccccc3OC(F)F)no2)CC1. The Bertz CT molecular complexity index is 958. The second-order valence-corrected chi connectivity index (χ2v) is 6.60. The van der Waals surface area contributed by atoms with Gasteiger partial charge in [-0.1, -0.05) is 29.4 Å². The van der Waals surface area contributed by atoms with Gasteiger partial charge in [0, 0.05) is 26.2 Å². The molecule has 3 aromatic rings. The van der Waals surface area contributed by atoms with Gasteiger partial charge < -0.3 is 14.2 Å². The number of benzene rings is 2. The lowest BCUT2D eigenvalue weighted by atomic mass is 10.2. The second-order valence-electron chi connectivity index (χ2n) is 6.60. The van der Waals surface area contributed by atoms with Crippen LogP contribution in [0.5, 0.6) is 5.75 Å². The molecule has 4 rings (SSSR count). The summed E-state index contributed by atoms with van der Waals surface area (Å²) < 4.78 is 48.9. The molecule has 29 heavy (non-hydrogen) atoms. The van der Waals surface area contributed by atoms with Gasteiger partial charge in [0.2, 0.25) is 11.7 Å². The van der Waals surface area contributed by atoms with E-state index in [1.165, 1.54) is 12.1 Å². The summed E-state index contributed by atoms with van der Waals surface area (Å²) in [6, 6.07) is 13.0. The summed E-state index contributed by atoms with van der Waals surface area (Å²) in [6.07, 6.45) is 0. The van der Waals surface area contributed by atoms with E-state index in [-0.39, 0.29) is 17.4 Å². The van der Waals surface area contributed by atoms with E-state index in [1.807, 2.05) is 11.0 Å². The number of para-hydroxylation sites is 2. The van der Waals surface area contributed by atoms with Crippen molar-refractivity contribution in [1.29, 1.82) is 0 Å². The summed E-state index contributed by atoms with van der Waals surface area (Å²) in [4.78, 5) is 8.44. The molecule has 152 valence electrons. The van der Waals surface area contributed by atoms with Crippen molar-refractivity contribution in [2.24, 2.45) is 0 Å². The zero-order chi connectivity index (χ0) is 20.2. The molecule has 0 aliphatic carbocycles. The maximum Gasteiger partial charge on any atom is 0.387 e. The quantitative estimate of drug-likeness (QED) is 0.623. The Kier molecular flexibility index (Phi) is 5.66. The van der Waals surface area contributed by atoms with Crippen molar-refractivity contribution in [2.75, 3.05) is 31.1 Å². The maximum atomic E-state index is 13.9. The highest BCUT2D eigenvalue weighted by atomic mass is 19.3. The third-order valence-corrected chi connectivity index (χ3v) is 4.74. The van der Waals surface area contributed by atoms with E-state index >= 15 is 0 Å². The minimum Gasteiger partial charge on any atom is -0.434 e. The smallest absolute Gasteiger partial charge is 0.387 e. The minimum absolute atomic E-state index is 0.00616. The molecule has 0 saturated carbocycles. The molecule has 0 radical (unpaired) electrons. The first kappa shape index (κ1) is 19.3. The highest BCUT2D eigenvalue weighted by Crippen LogP contribution is 2.29. The van der Waals surface area contributed by atoms with Gasteiger partial charge in [0.15, 0.2) is 0 Å². The number of rotatable bonds is 6. The van der Waals surface area contributed by atoms with Crippen LogP contribution in [0.4, 0.5) is 18.9 Å². The van der Waals surface area contributed by atoms with E-state index < -0.39 is 6.61 Å².